The van der Waals surface area contributed by atoms with Gasteiger partial charge in [0.25, 0.3) is 11.5 Å². The zero-order valence-electron chi connectivity index (χ0n) is 16.0. The Kier molecular flexibility index (Phi) is 6.76. The molecule has 3 rings (SSSR count). The lowest BCUT2D eigenvalue weighted by atomic mass is 10.2. The topological polar surface area (TPSA) is 95.2 Å². The number of hydrogen-bond acceptors (Lipinski definition) is 5. The largest absolute Gasteiger partial charge is 0.383 e. The maximum atomic E-state index is 13.6. The first-order chi connectivity index (χ1) is 14.4. The fraction of sp³-hybridized carbons (Fsp3) is 0.200. The van der Waals surface area contributed by atoms with Gasteiger partial charge in [0.15, 0.2) is 0 Å². The van der Waals surface area contributed by atoms with Crippen molar-refractivity contribution in [1.82, 2.24) is 19.7 Å². The van der Waals surface area contributed by atoms with Crippen LogP contribution in [0.2, 0.25) is 5.02 Å². The van der Waals surface area contributed by atoms with E-state index in [0.29, 0.717) is 10.6 Å². The van der Waals surface area contributed by atoms with Crippen LogP contribution in [-0.2, 0) is 11.3 Å². The monoisotopic (exact) mass is 432 g/mol. The molecule has 0 aliphatic rings. The Morgan fingerprint density at radius 1 is 1.20 bits per heavy atom. The van der Waals surface area contributed by atoms with Crippen LogP contribution in [0.15, 0.2) is 58.1 Å². The summed E-state index contributed by atoms with van der Waals surface area (Å²) in [6, 6.07) is 11.7. The van der Waals surface area contributed by atoms with Gasteiger partial charge >= 0.3 is 5.69 Å². The first kappa shape index (κ1) is 21.4. The quantitative estimate of drug-likeness (QED) is 0.572. The molecule has 1 amide bonds. The van der Waals surface area contributed by atoms with E-state index in [0.717, 1.165) is 9.25 Å². The van der Waals surface area contributed by atoms with Crippen molar-refractivity contribution >= 4 is 17.5 Å². The average molecular weight is 433 g/mol. The van der Waals surface area contributed by atoms with Crippen LogP contribution in [0.25, 0.3) is 5.69 Å². The molecule has 30 heavy (non-hydrogen) atoms. The molecule has 8 nitrogen and oxygen atoms in total. The Labute approximate surface area is 175 Å². The summed E-state index contributed by atoms with van der Waals surface area (Å²) in [6.45, 7) is 0.144. The minimum Gasteiger partial charge on any atom is -0.383 e. The van der Waals surface area contributed by atoms with Crippen molar-refractivity contribution in [2.45, 2.75) is 6.54 Å². The van der Waals surface area contributed by atoms with Crippen molar-refractivity contribution in [3.05, 3.63) is 91.5 Å². The van der Waals surface area contributed by atoms with Crippen molar-refractivity contribution in [1.29, 1.82) is 0 Å². The van der Waals surface area contributed by atoms with Crippen molar-refractivity contribution in [3.63, 3.8) is 0 Å². The van der Waals surface area contributed by atoms with E-state index >= 15 is 0 Å². The molecule has 0 radical (unpaired) electrons. The minimum absolute atomic E-state index is 0.149. The van der Waals surface area contributed by atoms with Crippen LogP contribution in [0, 0.1) is 5.82 Å². The number of hydrogen-bond donors (Lipinski definition) is 1. The summed E-state index contributed by atoms with van der Waals surface area (Å²) in [5, 5.41) is 6.82. The lowest BCUT2D eigenvalue weighted by molar-refractivity contribution is 0.0927. The van der Waals surface area contributed by atoms with Crippen LogP contribution < -0.4 is 16.6 Å². The summed E-state index contributed by atoms with van der Waals surface area (Å²) in [5.74, 6) is -1.27. The maximum absolute atomic E-state index is 13.6. The molecule has 10 heteroatoms. The summed E-state index contributed by atoms with van der Waals surface area (Å²) in [7, 11) is 1.47. The van der Waals surface area contributed by atoms with Crippen LogP contribution in [0.5, 0.6) is 0 Å². The Morgan fingerprint density at radius 3 is 2.67 bits per heavy atom. The normalized spacial score (nSPS) is 10.8. The van der Waals surface area contributed by atoms with Gasteiger partial charge in [0.2, 0.25) is 5.69 Å². The molecule has 0 aliphatic heterocycles. The SMILES string of the molecule is COCCNC(=O)c1nn(-c2cccc(Cl)c2)c(=O)n(Cc2cccc(F)c2)c1=O. The van der Waals surface area contributed by atoms with Gasteiger partial charge in [-0.05, 0) is 35.9 Å². The summed E-state index contributed by atoms with van der Waals surface area (Å²) in [6.07, 6.45) is 0. The molecular formula is C20H18ClFN4O4. The average Bonchev–Trinajstić information content (AvgIpc) is 2.71. The number of carbonyl (C=O) groups is 1. The van der Waals surface area contributed by atoms with Crippen LogP contribution in [0.3, 0.4) is 0 Å². The molecule has 0 aliphatic carbocycles. The zero-order valence-corrected chi connectivity index (χ0v) is 16.7. The smallest absolute Gasteiger partial charge is 0.352 e. The standard InChI is InChI=1S/C20H18ClFN4O4/c1-30-9-8-23-18(27)17-19(28)25(12-13-4-2-6-15(22)10-13)20(29)26(24-17)16-7-3-5-14(21)11-16/h2-7,10-11H,8-9,12H2,1H3,(H,23,27). The Morgan fingerprint density at radius 2 is 1.97 bits per heavy atom. The molecule has 3 aromatic rings. The summed E-state index contributed by atoms with van der Waals surface area (Å²) in [4.78, 5) is 38.4. The Hall–Kier alpha value is -3.30. The molecule has 156 valence electrons. The molecule has 1 aromatic heterocycles. The van der Waals surface area contributed by atoms with E-state index in [9.17, 15) is 18.8 Å². The van der Waals surface area contributed by atoms with E-state index in [1.165, 1.54) is 31.4 Å². The second-order valence-electron chi connectivity index (χ2n) is 6.29. The molecular weight excluding hydrogens is 415 g/mol. The number of nitrogens with one attached hydrogen (secondary N) is 1. The molecule has 0 atom stereocenters. The zero-order chi connectivity index (χ0) is 21.7. The third-order valence-corrected chi connectivity index (χ3v) is 4.38. The number of rotatable bonds is 7. The highest BCUT2D eigenvalue weighted by Crippen LogP contribution is 2.12. The number of aromatic nitrogens is 3. The van der Waals surface area contributed by atoms with Gasteiger partial charge in [-0.1, -0.05) is 29.8 Å². The summed E-state index contributed by atoms with van der Waals surface area (Å²) < 4.78 is 20.2. The van der Waals surface area contributed by atoms with Gasteiger partial charge < -0.3 is 10.1 Å². The van der Waals surface area contributed by atoms with Crippen molar-refractivity contribution in [2.75, 3.05) is 20.3 Å². The number of halogens is 2. The highest BCUT2D eigenvalue weighted by molar-refractivity contribution is 6.30. The first-order valence-electron chi connectivity index (χ1n) is 8.92. The fourth-order valence-electron chi connectivity index (χ4n) is 2.74. The van der Waals surface area contributed by atoms with Gasteiger partial charge in [-0.25, -0.2) is 9.18 Å². The predicted molar refractivity (Wildman–Crippen MR) is 109 cm³/mol. The molecule has 2 aromatic carbocycles. The van der Waals surface area contributed by atoms with E-state index in [1.807, 2.05) is 0 Å². The molecule has 0 saturated heterocycles. The summed E-state index contributed by atoms with van der Waals surface area (Å²) >= 11 is 6.01. The Bertz CT molecular complexity index is 1190. The molecule has 0 bridgehead atoms. The van der Waals surface area contributed by atoms with Crippen LogP contribution >= 0.6 is 11.6 Å². The fourth-order valence-corrected chi connectivity index (χ4v) is 2.93. The third kappa shape index (κ3) is 4.81. The van der Waals surface area contributed by atoms with Crippen LogP contribution in [0.1, 0.15) is 16.1 Å². The highest BCUT2D eigenvalue weighted by atomic mass is 35.5. The second kappa shape index (κ2) is 9.47. The lowest BCUT2D eigenvalue weighted by Gasteiger charge is -2.12. The maximum Gasteiger partial charge on any atom is 0.352 e. The van der Waals surface area contributed by atoms with E-state index < -0.39 is 28.7 Å². The number of benzene rings is 2. The number of nitrogens with zero attached hydrogens (tertiary/aromatic N) is 3. The molecule has 1 N–H and O–H groups in total. The summed E-state index contributed by atoms with van der Waals surface area (Å²) in [5.41, 5.74) is -1.52. The van der Waals surface area contributed by atoms with Crippen molar-refractivity contribution < 1.29 is 13.9 Å². The van der Waals surface area contributed by atoms with Crippen LogP contribution in [-0.4, -0.2) is 40.5 Å². The highest BCUT2D eigenvalue weighted by Gasteiger charge is 2.20. The third-order valence-electron chi connectivity index (χ3n) is 4.15. The van der Waals surface area contributed by atoms with E-state index in [2.05, 4.69) is 10.4 Å². The number of amides is 1. The molecule has 0 unspecified atom stereocenters. The van der Waals surface area contributed by atoms with Crippen LogP contribution in [0.4, 0.5) is 4.39 Å². The van der Waals surface area contributed by atoms with Crippen molar-refractivity contribution in [3.8, 4) is 5.69 Å². The van der Waals surface area contributed by atoms with Gasteiger partial charge in [-0.15, -0.1) is 0 Å². The van der Waals surface area contributed by atoms with Gasteiger partial charge in [-0.2, -0.15) is 9.78 Å². The van der Waals surface area contributed by atoms with Crippen molar-refractivity contribution in [2.24, 2.45) is 0 Å². The molecule has 0 spiro atoms. The van der Waals surface area contributed by atoms with E-state index in [1.54, 1.807) is 24.3 Å². The molecule has 1 heterocycles. The molecule has 0 fully saturated rings. The van der Waals surface area contributed by atoms with Gasteiger partial charge in [0, 0.05) is 18.7 Å². The minimum atomic E-state index is -0.891. The first-order valence-corrected chi connectivity index (χ1v) is 9.30. The van der Waals surface area contributed by atoms with E-state index in [4.69, 9.17) is 16.3 Å². The Balaban J connectivity index is 2.15. The van der Waals surface area contributed by atoms with E-state index in [-0.39, 0.29) is 25.4 Å². The van der Waals surface area contributed by atoms with Gasteiger partial charge in [0.1, 0.15) is 5.82 Å². The van der Waals surface area contributed by atoms with Gasteiger partial charge in [-0.3, -0.25) is 14.2 Å². The van der Waals surface area contributed by atoms with Gasteiger partial charge in [0.05, 0.1) is 18.8 Å². The second-order valence-corrected chi connectivity index (χ2v) is 6.73. The number of ether oxygens (including phenoxy) is 1. The number of methoxy groups -OCH3 is 1. The number of carbonyl (C=O) groups excluding carboxylic acids is 1. The lowest BCUT2D eigenvalue weighted by Crippen LogP contribution is -2.46. The predicted octanol–water partition coefficient (Wildman–Crippen LogP) is 1.61. The molecule has 0 saturated carbocycles.